The normalized spacial score (nSPS) is 11.1. The molecule has 1 N–H and O–H groups in total. The second-order valence-electron chi connectivity index (χ2n) is 4.25. The van der Waals surface area contributed by atoms with Crippen molar-refractivity contribution >= 4 is 43.2 Å². The Morgan fingerprint density at radius 1 is 1.05 bits per heavy atom. The van der Waals surface area contributed by atoms with Gasteiger partial charge < -0.3 is 9.47 Å². The van der Waals surface area contributed by atoms with Crippen LogP contribution < -0.4 is 14.2 Å². The van der Waals surface area contributed by atoms with Gasteiger partial charge >= 0.3 is 0 Å². The van der Waals surface area contributed by atoms with Gasteiger partial charge in [0.2, 0.25) is 0 Å². The number of ether oxygens (including phenoxy) is 2. The molecule has 0 aliphatic rings. The standard InChI is InChI=1S/C14H13BrClNO4S/c1-20-13-6-4-10(8-14(13)21-2)22(18,19)17-9-3-5-11(15)12(16)7-9/h3-8,17H,1-2H3. The summed E-state index contributed by atoms with van der Waals surface area (Å²) in [4.78, 5) is 0.0594. The Balaban J connectivity index is 2.35. The van der Waals surface area contributed by atoms with E-state index in [2.05, 4.69) is 20.7 Å². The molecule has 0 fully saturated rings. The van der Waals surface area contributed by atoms with Crippen molar-refractivity contribution in [2.45, 2.75) is 4.90 Å². The zero-order valence-corrected chi connectivity index (χ0v) is 14.9. The highest BCUT2D eigenvalue weighted by Gasteiger charge is 2.17. The molecule has 5 nitrogen and oxygen atoms in total. The molecule has 0 bridgehead atoms. The molecule has 0 radical (unpaired) electrons. The van der Waals surface area contributed by atoms with Crippen LogP contribution >= 0.6 is 27.5 Å². The van der Waals surface area contributed by atoms with Crippen molar-refractivity contribution in [3.8, 4) is 11.5 Å². The zero-order valence-electron chi connectivity index (χ0n) is 11.8. The molecule has 22 heavy (non-hydrogen) atoms. The van der Waals surface area contributed by atoms with Crippen LogP contribution in [0.3, 0.4) is 0 Å². The molecule has 0 atom stereocenters. The molecular weight excluding hydrogens is 394 g/mol. The Morgan fingerprint density at radius 2 is 1.73 bits per heavy atom. The second kappa shape index (κ2) is 6.76. The van der Waals surface area contributed by atoms with Crippen LogP contribution in [-0.4, -0.2) is 22.6 Å². The van der Waals surface area contributed by atoms with Crippen molar-refractivity contribution in [3.63, 3.8) is 0 Å². The van der Waals surface area contributed by atoms with Gasteiger partial charge in [0.15, 0.2) is 11.5 Å². The highest BCUT2D eigenvalue weighted by atomic mass is 79.9. The summed E-state index contributed by atoms with van der Waals surface area (Å²) < 4.78 is 38.2. The van der Waals surface area contributed by atoms with Gasteiger partial charge in [-0.15, -0.1) is 0 Å². The molecule has 0 spiro atoms. The maximum Gasteiger partial charge on any atom is 0.262 e. The topological polar surface area (TPSA) is 64.6 Å². The number of sulfonamides is 1. The first-order chi connectivity index (χ1) is 10.4. The first kappa shape index (κ1) is 16.9. The van der Waals surface area contributed by atoms with Crippen molar-refractivity contribution < 1.29 is 17.9 Å². The minimum Gasteiger partial charge on any atom is -0.493 e. The number of benzene rings is 2. The third kappa shape index (κ3) is 3.66. The predicted molar refractivity (Wildman–Crippen MR) is 89.5 cm³/mol. The Labute approximate surface area is 142 Å². The summed E-state index contributed by atoms with van der Waals surface area (Å²) in [5, 5.41) is 0.410. The summed E-state index contributed by atoms with van der Waals surface area (Å²) in [6.45, 7) is 0. The lowest BCUT2D eigenvalue weighted by Crippen LogP contribution is -2.13. The van der Waals surface area contributed by atoms with Crippen molar-refractivity contribution in [2.75, 3.05) is 18.9 Å². The van der Waals surface area contributed by atoms with Crippen LogP contribution in [0.2, 0.25) is 5.02 Å². The molecule has 8 heteroatoms. The number of anilines is 1. The zero-order chi connectivity index (χ0) is 16.3. The van der Waals surface area contributed by atoms with Crippen LogP contribution in [-0.2, 0) is 10.0 Å². The molecule has 0 heterocycles. The van der Waals surface area contributed by atoms with E-state index in [0.29, 0.717) is 26.7 Å². The highest BCUT2D eigenvalue weighted by Crippen LogP contribution is 2.31. The van der Waals surface area contributed by atoms with E-state index in [1.165, 1.54) is 38.5 Å². The summed E-state index contributed by atoms with van der Waals surface area (Å²) in [5.41, 5.74) is 0.364. The maximum absolute atomic E-state index is 12.4. The molecule has 2 aromatic rings. The second-order valence-corrected chi connectivity index (χ2v) is 7.20. The number of methoxy groups -OCH3 is 2. The van der Waals surface area contributed by atoms with E-state index in [-0.39, 0.29) is 4.90 Å². The summed E-state index contributed by atoms with van der Waals surface area (Å²) in [6, 6.07) is 9.14. The van der Waals surface area contributed by atoms with Gasteiger partial charge in [-0.1, -0.05) is 11.6 Å². The van der Waals surface area contributed by atoms with E-state index in [9.17, 15) is 8.42 Å². The SMILES string of the molecule is COc1ccc(S(=O)(=O)Nc2ccc(Br)c(Cl)c2)cc1OC. The molecule has 0 saturated carbocycles. The Kier molecular flexibility index (Phi) is 5.20. The minimum atomic E-state index is -3.76. The minimum absolute atomic E-state index is 0.0594. The van der Waals surface area contributed by atoms with Gasteiger partial charge in [0.05, 0.1) is 29.8 Å². The van der Waals surface area contributed by atoms with Crippen molar-refractivity contribution in [1.82, 2.24) is 0 Å². The van der Waals surface area contributed by atoms with E-state index in [1.807, 2.05) is 0 Å². The molecular formula is C14H13BrClNO4S. The summed E-state index contributed by atoms with van der Waals surface area (Å²) in [6.07, 6.45) is 0. The fourth-order valence-electron chi connectivity index (χ4n) is 1.76. The van der Waals surface area contributed by atoms with Gasteiger partial charge in [-0.25, -0.2) is 8.42 Å². The van der Waals surface area contributed by atoms with Gasteiger partial charge in [0, 0.05) is 10.5 Å². The number of hydrogen-bond donors (Lipinski definition) is 1. The monoisotopic (exact) mass is 405 g/mol. The van der Waals surface area contributed by atoms with E-state index in [0.717, 1.165) is 0 Å². The largest absolute Gasteiger partial charge is 0.493 e. The molecule has 0 aliphatic heterocycles. The molecule has 0 amide bonds. The van der Waals surface area contributed by atoms with Gasteiger partial charge in [0.1, 0.15) is 0 Å². The molecule has 0 unspecified atom stereocenters. The van der Waals surface area contributed by atoms with Crippen molar-refractivity contribution in [2.24, 2.45) is 0 Å². The van der Waals surface area contributed by atoms with Gasteiger partial charge in [0.25, 0.3) is 10.0 Å². The van der Waals surface area contributed by atoms with Crippen LogP contribution in [0.15, 0.2) is 45.8 Å². The van der Waals surface area contributed by atoms with Crippen molar-refractivity contribution in [1.29, 1.82) is 0 Å². The van der Waals surface area contributed by atoms with E-state index < -0.39 is 10.0 Å². The van der Waals surface area contributed by atoms with Crippen LogP contribution in [0.5, 0.6) is 11.5 Å². The molecule has 0 aromatic heterocycles. The highest BCUT2D eigenvalue weighted by molar-refractivity contribution is 9.10. The number of rotatable bonds is 5. The Morgan fingerprint density at radius 3 is 2.32 bits per heavy atom. The number of nitrogens with one attached hydrogen (secondary N) is 1. The number of hydrogen-bond acceptors (Lipinski definition) is 4. The van der Waals surface area contributed by atoms with E-state index in [4.69, 9.17) is 21.1 Å². The third-order valence-electron chi connectivity index (χ3n) is 2.84. The summed E-state index contributed by atoms with van der Waals surface area (Å²) >= 11 is 9.21. The van der Waals surface area contributed by atoms with Crippen LogP contribution in [0.25, 0.3) is 0 Å². The van der Waals surface area contributed by atoms with E-state index >= 15 is 0 Å². The van der Waals surface area contributed by atoms with Crippen molar-refractivity contribution in [3.05, 3.63) is 45.9 Å². The smallest absolute Gasteiger partial charge is 0.262 e. The quantitative estimate of drug-likeness (QED) is 0.817. The lowest BCUT2D eigenvalue weighted by Gasteiger charge is -2.12. The average Bonchev–Trinajstić information content (AvgIpc) is 2.50. The fourth-order valence-corrected chi connectivity index (χ4v) is 3.25. The van der Waals surface area contributed by atoms with Crippen LogP contribution in [0, 0.1) is 0 Å². The van der Waals surface area contributed by atoms with E-state index in [1.54, 1.807) is 12.1 Å². The van der Waals surface area contributed by atoms with Gasteiger partial charge in [-0.3, -0.25) is 4.72 Å². The summed E-state index contributed by atoms with van der Waals surface area (Å²) in [5.74, 6) is 0.785. The average molecular weight is 407 g/mol. The molecule has 0 aliphatic carbocycles. The Bertz CT molecular complexity index is 795. The number of halogens is 2. The maximum atomic E-state index is 12.4. The molecule has 2 aromatic carbocycles. The van der Waals surface area contributed by atoms with Gasteiger partial charge in [-0.2, -0.15) is 0 Å². The summed E-state index contributed by atoms with van der Waals surface area (Å²) in [7, 11) is -0.839. The molecule has 0 saturated heterocycles. The molecule has 118 valence electrons. The lowest BCUT2D eigenvalue weighted by atomic mass is 10.3. The Hall–Kier alpha value is -1.44. The predicted octanol–water partition coefficient (Wildman–Crippen LogP) is 3.92. The van der Waals surface area contributed by atoms with Gasteiger partial charge in [-0.05, 0) is 46.3 Å². The van der Waals surface area contributed by atoms with Crippen LogP contribution in [0.1, 0.15) is 0 Å². The fraction of sp³-hybridized carbons (Fsp3) is 0.143. The first-order valence-electron chi connectivity index (χ1n) is 6.07. The van der Waals surface area contributed by atoms with Crippen LogP contribution in [0.4, 0.5) is 5.69 Å². The lowest BCUT2D eigenvalue weighted by molar-refractivity contribution is 0.354. The third-order valence-corrected chi connectivity index (χ3v) is 5.45. The first-order valence-corrected chi connectivity index (χ1v) is 8.72. The molecule has 2 rings (SSSR count).